The van der Waals surface area contributed by atoms with Crippen LogP contribution in [0.1, 0.15) is 28.4 Å². The molecule has 0 bridgehead atoms. The van der Waals surface area contributed by atoms with Gasteiger partial charge in [0.1, 0.15) is 0 Å². The zero-order valence-corrected chi connectivity index (χ0v) is 12.9. The Morgan fingerprint density at radius 1 is 1.05 bits per heavy atom. The summed E-state index contributed by atoms with van der Waals surface area (Å²) in [5.41, 5.74) is 3.07. The Morgan fingerprint density at radius 2 is 1.77 bits per heavy atom. The topological polar surface area (TPSA) is 55.4 Å². The largest absolute Gasteiger partial charge is 0.449 e. The zero-order chi connectivity index (χ0) is 16.1. The van der Waals surface area contributed by atoms with E-state index in [1.165, 1.54) is 0 Å². The maximum absolute atomic E-state index is 12.1. The quantitative estimate of drug-likeness (QED) is 0.879. The van der Waals surface area contributed by atoms with E-state index < -0.39 is 12.1 Å². The fourth-order valence-electron chi connectivity index (χ4n) is 2.00. The summed E-state index contributed by atoms with van der Waals surface area (Å²) in [6.45, 7) is 5.35. The summed E-state index contributed by atoms with van der Waals surface area (Å²) in [4.78, 5) is 24.1. The molecule has 2 aromatic carbocycles. The maximum Gasteiger partial charge on any atom is 0.338 e. The van der Waals surface area contributed by atoms with Crippen molar-refractivity contribution >= 4 is 17.6 Å². The van der Waals surface area contributed by atoms with Gasteiger partial charge in [-0.15, -0.1) is 0 Å². The van der Waals surface area contributed by atoms with Crippen LogP contribution < -0.4 is 5.32 Å². The van der Waals surface area contributed by atoms with E-state index in [-0.39, 0.29) is 5.91 Å². The van der Waals surface area contributed by atoms with Gasteiger partial charge in [0.25, 0.3) is 5.91 Å². The molecule has 0 heterocycles. The van der Waals surface area contributed by atoms with Crippen LogP contribution in [-0.4, -0.2) is 18.0 Å². The second kappa shape index (κ2) is 6.89. The smallest absolute Gasteiger partial charge is 0.338 e. The number of esters is 1. The molecule has 0 unspecified atom stereocenters. The lowest BCUT2D eigenvalue weighted by molar-refractivity contribution is -0.123. The minimum atomic E-state index is -0.868. The second-order valence-corrected chi connectivity index (χ2v) is 5.22. The van der Waals surface area contributed by atoms with E-state index in [0.29, 0.717) is 11.3 Å². The van der Waals surface area contributed by atoms with E-state index in [9.17, 15) is 9.59 Å². The molecule has 4 heteroatoms. The number of hydrogen-bond acceptors (Lipinski definition) is 3. The Balaban J connectivity index is 1.99. The summed E-state index contributed by atoms with van der Waals surface area (Å²) in [5, 5.41) is 2.76. The number of benzene rings is 2. The fraction of sp³-hybridized carbons (Fsp3) is 0.222. The average molecular weight is 297 g/mol. The molecule has 2 rings (SSSR count). The van der Waals surface area contributed by atoms with E-state index >= 15 is 0 Å². The fourth-order valence-corrected chi connectivity index (χ4v) is 2.00. The SMILES string of the molecule is Cc1cccc(C(=O)O[C@H](C)C(=O)Nc2ccccc2C)c1. The number of rotatable bonds is 4. The van der Waals surface area contributed by atoms with Crippen molar-refractivity contribution in [3.05, 3.63) is 65.2 Å². The Bertz CT molecular complexity index is 694. The van der Waals surface area contributed by atoms with Crippen LogP contribution in [0.3, 0.4) is 0 Å². The van der Waals surface area contributed by atoms with Gasteiger partial charge in [0.15, 0.2) is 6.10 Å². The average Bonchev–Trinajstić information content (AvgIpc) is 2.49. The van der Waals surface area contributed by atoms with Gasteiger partial charge in [0.05, 0.1) is 5.56 Å². The summed E-state index contributed by atoms with van der Waals surface area (Å²) in [7, 11) is 0. The minimum absolute atomic E-state index is 0.352. The molecule has 0 aliphatic heterocycles. The normalized spacial score (nSPS) is 11.6. The molecule has 0 aliphatic carbocycles. The van der Waals surface area contributed by atoms with Crippen LogP contribution in [0, 0.1) is 13.8 Å². The van der Waals surface area contributed by atoms with Crippen LogP contribution in [0.15, 0.2) is 48.5 Å². The number of carbonyl (C=O) groups excluding carboxylic acids is 2. The van der Waals surface area contributed by atoms with Crippen LogP contribution in [-0.2, 0) is 9.53 Å². The lowest BCUT2D eigenvalue weighted by Gasteiger charge is -2.14. The third-order valence-corrected chi connectivity index (χ3v) is 3.31. The van der Waals surface area contributed by atoms with E-state index in [2.05, 4.69) is 5.32 Å². The van der Waals surface area contributed by atoms with Gasteiger partial charge in [-0.1, -0.05) is 35.9 Å². The first-order valence-corrected chi connectivity index (χ1v) is 7.11. The van der Waals surface area contributed by atoms with Crippen molar-refractivity contribution < 1.29 is 14.3 Å². The number of amides is 1. The van der Waals surface area contributed by atoms with Gasteiger partial charge >= 0.3 is 5.97 Å². The molecule has 4 nitrogen and oxygen atoms in total. The lowest BCUT2D eigenvalue weighted by Crippen LogP contribution is -2.30. The van der Waals surface area contributed by atoms with E-state index in [0.717, 1.165) is 11.1 Å². The molecule has 0 spiro atoms. The summed E-state index contributed by atoms with van der Waals surface area (Å²) < 4.78 is 5.21. The number of ether oxygens (including phenoxy) is 1. The highest BCUT2D eigenvalue weighted by molar-refractivity contribution is 5.97. The third-order valence-electron chi connectivity index (χ3n) is 3.31. The van der Waals surface area contributed by atoms with E-state index in [4.69, 9.17) is 4.74 Å². The predicted molar refractivity (Wildman–Crippen MR) is 85.9 cm³/mol. The van der Waals surface area contributed by atoms with Crippen molar-refractivity contribution in [2.24, 2.45) is 0 Å². The molecule has 2 aromatic rings. The summed E-state index contributed by atoms with van der Waals surface area (Å²) in [5.74, 6) is -0.855. The monoisotopic (exact) mass is 297 g/mol. The van der Waals surface area contributed by atoms with E-state index in [1.54, 1.807) is 25.1 Å². The molecule has 0 aromatic heterocycles. The Hall–Kier alpha value is -2.62. The van der Waals surface area contributed by atoms with Gasteiger partial charge in [-0.25, -0.2) is 4.79 Å². The number of nitrogens with one attached hydrogen (secondary N) is 1. The van der Waals surface area contributed by atoms with E-state index in [1.807, 2.05) is 44.2 Å². The van der Waals surface area contributed by atoms with Crippen LogP contribution in [0.25, 0.3) is 0 Å². The number of aryl methyl sites for hydroxylation is 2. The van der Waals surface area contributed by atoms with Gasteiger partial charge in [0.2, 0.25) is 0 Å². The first kappa shape index (κ1) is 15.8. The van der Waals surface area contributed by atoms with Gasteiger partial charge in [-0.2, -0.15) is 0 Å². The first-order valence-electron chi connectivity index (χ1n) is 7.11. The minimum Gasteiger partial charge on any atom is -0.449 e. The summed E-state index contributed by atoms with van der Waals surface area (Å²) in [6.07, 6.45) is -0.868. The van der Waals surface area contributed by atoms with Crippen LogP contribution in [0.5, 0.6) is 0 Å². The third kappa shape index (κ3) is 3.95. The van der Waals surface area contributed by atoms with Crippen LogP contribution in [0.2, 0.25) is 0 Å². The lowest BCUT2D eigenvalue weighted by atomic mass is 10.1. The maximum atomic E-state index is 12.1. The van der Waals surface area contributed by atoms with Crippen molar-refractivity contribution in [1.82, 2.24) is 0 Å². The van der Waals surface area contributed by atoms with Crippen molar-refractivity contribution in [2.45, 2.75) is 26.9 Å². The van der Waals surface area contributed by atoms with Gasteiger partial charge < -0.3 is 10.1 Å². The molecule has 0 fully saturated rings. The van der Waals surface area contributed by atoms with Crippen molar-refractivity contribution in [2.75, 3.05) is 5.32 Å². The second-order valence-electron chi connectivity index (χ2n) is 5.22. The van der Waals surface area contributed by atoms with Gasteiger partial charge in [0, 0.05) is 5.69 Å². The Morgan fingerprint density at radius 3 is 2.45 bits per heavy atom. The standard InChI is InChI=1S/C18H19NO3/c1-12-7-6-9-15(11-12)18(21)22-14(3)17(20)19-16-10-5-4-8-13(16)2/h4-11,14H,1-3H3,(H,19,20)/t14-/m1/s1. The predicted octanol–water partition coefficient (Wildman–Crippen LogP) is 3.49. The highest BCUT2D eigenvalue weighted by Gasteiger charge is 2.19. The first-order chi connectivity index (χ1) is 10.5. The number of anilines is 1. The molecule has 1 N–H and O–H groups in total. The molecule has 114 valence electrons. The highest BCUT2D eigenvalue weighted by Crippen LogP contribution is 2.14. The van der Waals surface area contributed by atoms with Crippen molar-refractivity contribution in [3.63, 3.8) is 0 Å². The molecule has 1 atom stereocenters. The van der Waals surface area contributed by atoms with Crippen LogP contribution in [0.4, 0.5) is 5.69 Å². The summed E-state index contributed by atoms with van der Waals surface area (Å²) in [6, 6.07) is 14.5. The number of para-hydroxylation sites is 1. The van der Waals surface area contributed by atoms with Crippen LogP contribution >= 0.6 is 0 Å². The highest BCUT2D eigenvalue weighted by atomic mass is 16.5. The number of hydrogen-bond donors (Lipinski definition) is 1. The van der Waals surface area contributed by atoms with Gasteiger partial charge in [-0.05, 0) is 44.5 Å². The van der Waals surface area contributed by atoms with Crippen molar-refractivity contribution in [1.29, 1.82) is 0 Å². The van der Waals surface area contributed by atoms with Gasteiger partial charge in [-0.3, -0.25) is 4.79 Å². The molecular weight excluding hydrogens is 278 g/mol. The Kier molecular flexibility index (Phi) is 4.94. The molecule has 0 aliphatic rings. The molecule has 0 saturated heterocycles. The number of carbonyl (C=O) groups is 2. The molecule has 0 saturated carbocycles. The Labute approximate surface area is 130 Å². The molecular formula is C18H19NO3. The summed E-state index contributed by atoms with van der Waals surface area (Å²) >= 11 is 0. The molecule has 0 radical (unpaired) electrons. The zero-order valence-electron chi connectivity index (χ0n) is 12.9. The van der Waals surface area contributed by atoms with Crippen molar-refractivity contribution in [3.8, 4) is 0 Å². The molecule has 22 heavy (non-hydrogen) atoms. The molecule has 1 amide bonds.